The van der Waals surface area contributed by atoms with Crippen molar-refractivity contribution >= 4 is 0 Å². The maximum atomic E-state index is 4.56. The Kier molecular flexibility index (Phi) is 2.65. The molecule has 17 heavy (non-hydrogen) atoms. The summed E-state index contributed by atoms with van der Waals surface area (Å²) in [6.07, 6.45) is 6.72. The Bertz CT molecular complexity index is 503. The Morgan fingerprint density at radius 3 is 3.24 bits per heavy atom. The first kappa shape index (κ1) is 10.5. The molecule has 1 N–H and O–H groups in total. The lowest BCUT2D eigenvalue weighted by Crippen LogP contribution is -2.31. The molecule has 0 amide bonds. The number of hydrogen-bond acceptors (Lipinski definition) is 3. The van der Waals surface area contributed by atoms with E-state index in [9.17, 15) is 0 Å². The van der Waals surface area contributed by atoms with E-state index in [1.54, 1.807) is 6.20 Å². The van der Waals surface area contributed by atoms with Gasteiger partial charge in [-0.05, 0) is 18.6 Å². The van der Waals surface area contributed by atoms with Crippen molar-refractivity contribution in [2.24, 2.45) is 0 Å². The molecule has 0 aliphatic carbocycles. The first-order valence-corrected chi connectivity index (χ1v) is 6.07. The molecule has 0 fully saturated rings. The summed E-state index contributed by atoms with van der Waals surface area (Å²) in [4.78, 5) is 8.74. The van der Waals surface area contributed by atoms with Crippen LogP contribution in [-0.2, 0) is 13.0 Å². The van der Waals surface area contributed by atoms with Crippen LogP contribution in [0, 0.1) is 0 Å². The minimum absolute atomic E-state index is 0.195. The molecule has 1 aliphatic heterocycles. The van der Waals surface area contributed by atoms with Gasteiger partial charge in [-0.25, -0.2) is 4.98 Å². The highest BCUT2D eigenvalue weighted by atomic mass is 15.1. The van der Waals surface area contributed by atoms with Gasteiger partial charge in [-0.1, -0.05) is 6.07 Å². The quantitative estimate of drug-likeness (QED) is 0.847. The lowest BCUT2D eigenvalue weighted by Gasteiger charge is -2.24. The predicted molar refractivity (Wildman–Crippen MR) is 65.7 cm³/mol. The van der Waals surface area contributed by atoms with E-state index < -0.39 is 0 Å². The average molecular weight is 228 g/mol. The normalized spacial score (nSPS) is 19.0. The summed E-state index contributed by atoms with van der Waals surface area (Å²) in [6.45, 7) is 4.14. The van der Waals surface area contributed by atoms with Crippen LogP contribution < -0.4 is 5.32 Å². The lowest BCUT2D eigenvalue weighted by molar-refractivity contribution is 0.537. The van der Waals surface area contributed by atoms with Crippen molar-refractivity contribution in [3.05, 3.63) is 47.8 Å². The van der Waals surface area contributed by atoms with Crippen LogP contribution in [0.25, 0.3) is 0 Å². The molecule has 88 valence electrons. The highest BCUT2D eigenvalue weighted by Crippen LogP contribution is 2.26. The number of nitrogens with one attached hydrogen (secondary N) is 1. The molecule has 0 saturated carbocycles. The highest BCUT2D eigenvalue weighted by molar-refractivity contribution is 5.31. The van der Waals surface area contributed by atoms with Crippen molar-refractivity contribution in [3.8, 4) is 0 Å². The molecule has 1 atom stereocenters. The number of aryl methyl sites for hydroxylation is 1. The van der Waals surface area contributed by atoms with E-state index in [4.69, 9.17) is 0 Å². The van der Waals surface area contributed by atoms with E-state index in [-0.39, 0.29) is 6.04 Å². The van der Waals surface area contributed by atoms with Gasteiger partial charge < -0.3 is 9.88 Å². The number of imidazole rings is 1. The maximum absolute atomic E-state index is 4.56. The Morgan fingerprint density at radius 2 is 2.47 bits per heavy atom. The van der Waals surface area contributed by atoms with Crippen LogP contribution in [0.2, 0.25) is 0 Å². The molecular formula is C13H16N4. The number of aromatic nitrogens is 3. The van der Waals surface area contributed by atoms with Crippen molar-refractivity contribution in [2.45, 2.75) is 25.9 Å². The summed E-state index contributed by atoms with van der Waals surface area (Å²) in [5, 5.41) is 3.51. The molecular weight excluding hydrogens is 212 g/mol. The van der Waals surface area contributed by atoms with Crippen LogP contribution in [0.15, 0.2) is 30.9 Å². The van der Waals surface area contributed by atoms with Gasteiger partial charge >= 0.3 is 0 Å². The zero-order valence-electron chi connectivity index (χ0n) is 9.93. The number of rotatable bonds is 2. The van der Waals surface area contributed by atoms with Crippen LogP contribution in [0.3, 0.4) is 0 Å². The van der Waals surface area contributed by atoms with Crippen LogP contribution in [0.1, 0.15) is 29.9 Å². The number of pyridine rings is 1. The maximum Gasteiger partial charge on any atom is 0.0952 e. The second-order valence-electron chi connectivity index (χ2n) is 4.29. The fraction of sp³-hybridized carbons (Fsp3) is 0.385. The lowest BCUT2D eigenvalue weighted by atomic mass is 9.99. The Labute approximate surface area is 101 Å². The third-order valence-electron chi connectivity index (χ3n) is 3.32. The SMILES string of the molecule is CCn1cnc2c1CCNC2c1cccnc1. The summed E-state index contributed by atoms with van der Waals surface area (Å²) >= 11 is 0. The van der Waals surface area contributed by atoms with E-state index >= 15 is 0 Å². The highest BCUT2D eigenvalue weighted by Gasteiger charge is 2.25. The van der Waals surface area contributed by atoms with Crippen LogP contribution in [-0.4, -0.2) is 21.1 Å². The second-order valence-corrected chi connectivity index (χ2v) is 4.29. The zero-order valence-corrected chi connectivity index (χ0v) is 9.93. The Balaban J connectivity index is 2.03. The molecule has 2 aromatic heterocycles. The van der Waals surface area contributed by atoms with Crippen molar-refractivity contribution in [3.63, 3.8) is 0 Å². The molecule has 0 bridgehead atoms. The van der Waals surface area contributed by atoms with Gasteiger partial charge in [0.15, 0.2) is 0 Å². The molecule has 3 heterocycles. The van der Waals surface area contributed by atoms with Crippen molar-refractivity contribution < 1.29 is 0 Å². The topological polar surface area (TPSA) is 42.7 Å². The predicted octanol–water partition coefficient (Wildman–Crippen LogP) is 1.53. The van der Waals surface area contributed by atoms with Crippen LogP contribution in [0.4, 0.5) is 0 Å². The first-order valence-electron chi connectivity index (χ1n) is 6.07. The van der Waals surface area contributed by atoms with Crippen LogP contribution >= 0.6 is 0 Å². The fourth-order valence-electron chi connectivity index (χ4n) is 2.46. The minimum atomic E-state index is 0.195. The van der Waals surface area contributed by atoms with Gasteiger partial charge in [-0.3, -0.25) is 4.98 Å². The van der Waals surface area contributed by atoms with Gasteiger partial charge in [0, 0.05) is 37.6 Å². The fourth-order valence-corrected chi connectivity index (χ4v) is 2.46. The molecule has 1 unspecified atom stereocenters. The average Bonchev–Trinajstić information content (AvgIpc) is 2.82. The smallest absolute Gasteiger partial charge is 0.0952 e. The zero-order chi connectivity index (χ0) is 11.7. The van der Waals surface area contributed by atoms with Gasteiger partial charge in [-0.2, -0.15) is 0 Å². The van der Waals surface area contributed by atoms with Gasteiger partial charge in [-0.15, -0.1) is 0 Å². The molecule has 2 aromatic rings. The molecule has 3 rings (SSSR count). The molecule has 0 aromatic carbocycles. The van der Waals surface area contributed by atoms with Crippen molar-refractivity contribution in [1.29, 1.82) is 0 Å². The monoisotopic (exact) mass is 228 g/mol. The summed E-state index contributed by atoms with van der Waals surface area (Å²) in [6, 6.07) is 4.27. The summed E-state index contributed by atoms with van der Waals surface area (Å²) < 4.78 is 2.24. The van der Waals surface area contributed by atoms with E-state index in [0.29, 0.717) is 0 Å². The van der Waals surface area contributed by atoms with E-state index in [1.807, 2.05) is 18.6 Å². The number of hydrogen-bond donors (Lipinski definition) is 1. The van der Waals surface area contributed by atoms with Crippen molar-refractivity contribution in [1.82, 2.24) is 19.9 Å². The molecule has 0 spiro atoms. The third kappa shape index (κ3) is 1.74. The van der Waals surface area contributed by atoms with Gasteiger partial charge in [0.1, 0.15) is 0 Å². The Hall–Kier alpha value is -1.68. The molecule has 4 nitrogen and oxygen atoms in total. The van der Waals surface area contributed by atoms with Crippen LogP contribution in [0.5, 0.6) is 0 Å². The van der Waals surface area contributed by atoms with Crippen molar-refractivity contribution in [2.75, 3.05) is 6.54 Å². The Morgan fingerprint density at radius 1 is 1.53 bits per heavy atom. The van der Waals surface area contributed by atoms with E-state index in [0.717, 1.165) is 25.2 Å². The largest absolute Gasteiger partial charge is 0.334 e. The van der Waals surface area contributed by atoms with E-state index in [2.05, 4.69) is 32.8 Å². The summed E-state index contributed by atoms with van der Waals surface area (Å²) in [7, 11) is 0. The first-order chi connectivity index (χ1) is 8.40. The number of nitrogens with zero attached hydrogens (tertiary/aromatic N) is 3. The minimum Gasteiger partial charge on any atom is -0.334 e. The second kappa shape index (κ2) is 4.30. The third-order valence-corrected chi connectivity index (χ3v) is 3.32. The summed E-state index contributed by atoms with van der Waals surface area (Å²) in [5.41, 5.74) is 3.71. The standard InChI is InChI=1S/C13H16N4/c1-2-17-9-16-13-11(17)5-7-15-12(13)10-4-3-6-14-8-10/h3-4,6,8-9,12,15H,2,5,7H2,1H3. The number of fused-ring (bicyclic) bond motifs is 1. The van der Waals surface area contributed by atoms with Gasteiger partial charge in [0.05, 0.1) is 18.1 Å². The van der Waals surface area contributed by atoms with Gasteiger partial charge in [0.2, 0.25) is 0 Å². The van der Waals surface area contributed by atoms with E-state index in [1.165, 1.54) is 11.3 Å². The molecule has 4 heteroatoms. The molecule has 0 radical (unpaired) electrons. The molecule has 0 saturated heterocycles. The van der Waals surface area contributed by atoms with Gasteiger partial charge in [0.25, 0.3) is 0 Å². The molecule has 1 aliphatic rings. The summed E-state index contributed by atoms with van der Waals surface area (Å²) in [5.74, 6) is 0.